The van der Waals surface area contributed by atoms with Crippen LogP contribution in [0.25, 0.3) is 10.9 Å². The molecule has 3 rings (SSSR count). The highest BCUT2D eigenvalue weighted by atomic mass is 32.2. The molecule has 2 heterocycles. The van der Waals surface area contributed by atoms with Gasteiger partial charge in [-0.05, 0) is 13.0 Å². The SMILES string of the molecule is CC1Sc2c(C=O)c(=O)c3cc(F)c(F)cc3n21. The highest BCUT2D eigenvalue weighted by Gasteiger charge is 2.29. The molecular formula is C12H7F2NO2S. The molecule has 0 bridgehead atoms. The molecule has 0 aliphatic carbocycles. The lowest BCUT2D eigenvalue weighted by atomic mass is 10.1. The van der Waals surface area contributed by atoms with Crippen molar-refractivity contribution in [3.63, 3.8) is 0 Å². The zero-order valence-electron chi connectivity index (χ0n) is 9.24. The molecule has 0 N–H and O–H groups in total. The Bertz CT molecular complexity index is 754. The Kier molecular flexibility index (Phi) is 2.31. The molecule has 1 atom stereocenters. The average Bonchev–Trinajstić information content (AvgIpc) is 2.31. The van der Waals surface area contributed by atoms with Crippen molar-refractivity contribution in [3.8, 4) is 0 Å². The minimum absolute atomic E-state index is 0.00772. The molecule has 0 spiro atoms. The number of hydrogen-bond acceptors (Lipinski definition) is 3. The first kappa shape index (κ1) is 11.4. The van der Waals surface area contributed by atoms with E-state index in [2.05, 4.69) is 0 Å². The number of rotatable bonds is 1. The number of aromatic nitrogens is 1. The van der Waals surface area contributed by atoms with E-state index in [-0.39, 0.29) is 16.3 Å². The van der Waals surface area contributed by atoms with Gasteiger partial charge in [0.1, 0.15) is 0 Å². The van der Waals surface area contributed by atoms with E-state index in [1.54, 1.807) is 4.57 Å². The highest BCUT2D eigenvalue weighted by Crippen LogP contribution is 2.45. The first-order valence-corrected chi connectivity index (χ1v) is 6.11. The van der Waals surface area contributed by atoms with Crippen LogP contribution in [0.3, 0.4) is 0 Å². The maximum absolute atomic E-state index is 13.3. The quantitative estimate of drug-likeness (QED) is 0.746. The average molecular weight is 267 g/mol. The zero-order valence-corrected chi connectivity index (χ0v) is 10.1. The standard InChI is InChI=1S/C12H7F2NO2S/c1-5-15-10-3-9(14)8(13)2-6(10)11(17)7(4-16)12(15)18-5/h2-5H,1H3. The number of carbonyl (C=O) groups is 1. The van der Waals surface area contributed by atoms with Crippen LogP contribution in [0.2, 0.25) is 0 Å². The van der Waals surface area contributed by atoms with Gasteiger partial charge in [0, 0.05) is 11.5 Å². The summed E-state index contributed by atoms with van der Waals surface area (Å²) in [5, 5.41) is 0.541. The molecule has 0 saturated heterocycles. The molecule has 1 aromatic heterocycles. The topological polar surface area (TPSA) is 39.1 Å². The Labute approximate surface area is 104 Å². The Hall–Kier alpha value is -1.69. The van der Waals surface area contributed by atoms with Gasteiger partial charge < -0.3 is 4.57 Å². The summed E-state index contributed by atoms with van der Waals surface area (Å²) in [6, 6.07) is 1.85. The normalized spacial score (nSPS) is 17.4. The number of hydrogen-bond donors (Lipinski definition) is 0. The van der Waals surface area contributed by atoms with Gasteiger partial charge in [-0.15, -0.1) is 0 Å². The second kappa shape index (κ2) is 3.65. The fourth-order valence-corrected chi connectivity index (χ4v) is 3.27. The number of nitrogens with zero attached hydrogens (tertiary/aromatic N) is 1. The summed E-state index contributed by atoms with van der Waals surface area (Å²) in [5.41, 5.74) is -0.216. The van der Waals surface area contributed by atoms with E-state index in [9.17, 15) is 18.4 Å². The van der Waals surface area contributed by atoms with Gasteiger partial charge in [-0.2, -0.15) is 0 Å². The van der Waals surface area contributed by atoms with Crippen LogP contribution in [0.15, 0.2) is 22.0 Å². The van der Waals surface area contributed by atoms with Crippen molar-refractivity contribution < 1.29 is 13.6 Å². The predicted octanol–water partition coefficient (Wildman–Crippen LogP) is 2.72. The third kappa shape index (κ3) is 1.29. The largest absolute Gasteiger partial charge is 0.322 e. The first-order chi connectivity index (χ1) is 8.54. The second-order valence-electron chi connectivity index (χ2n) is 4.04. The lowest BCUT2D eigenvalue weighted by molar-refractivity contribution is 0.111. The first-order valence-electron chi connectivity index (χ1n) is 5.23. The number of carbonyl (C=O) groups excluding carboxylic acids is 1. The molecule has 0 fully saturated rings. The van der Waals surface area contributed by atoms with Crippen molar-refractivity contribution in [2.24, 2.45) is 0 Å². The molecule has 1 aromatic carbocycles. The number of fused-ring (bicyclic) bond motifs is 3. The molecule has 1 aliphatic rings. The van der Waals surface area contributed by atoms with Crippen LogP contribution >= 0.6 is 11.8 Å². The van der Waals surface area contributed by atoms with Crippen molar-refractivity contribution >= 4 is 29.0 Å². The monoisotopic (exact) mass is 267 g/mol. The summed E-state index contributed by atoms with van der Waals surface area (Å²) in [5.74, 6) is -2.09. The molecule has 0 saturated carbocycles. The van der Waals surface area contributed by atoms with Crippen molar-refractivity contribution in [1.29, 1.82) is 0 Å². The third-order valence-corrected chi connectivity index (χ3v) is 4.19. The lowest BCUT2D eigenvalue weighted by Crippen LogP contribution is -2.25. The van der Waals surface area contributed by atoms with Crippen molar-refractivity contribution in [1.82, 2.24) is 4.57 Å². The van der Waals surface area contributed by atoms with Crippen molar-refractivity contribution in [2.75, 3.05) is 0 Å². The minimum Gasteiger partial charge on any atom is -0.322 e. The van der Waals surface area contributed by atoms with Crippen LogP contribution in [0.5, 0.6) is 0 Å². The fourth-order valence-electron chi connectivity index (χ4n) is 2.15. The number of pyridine rings is 1. The summed E-state index contributed by atoms with van der Waals surface area (Å²) < 4.78 is 28.1. The van der Waals surface area contributed by atoms with E-state index >= 15 is 0 Å². The molecular weight excluding hydrogens is 260 g/mol. The van der Waals surface area contributed by atoms with Gasteiger partial charge in [0.25, 0.3) is 0 Å². The van der Waals surface area contributed by atoms with Gasteiger partial charge in [0.05, 0.1) is 21.5 Å². The van der Waals surface area contributed by atoms with Crippen LogP contribution in [0, 0.1) is 11.6 Å². The molecule has 1 unspecified atom stereocenters. The molecule has 1 aliphatic heterocycles. The summed E-state index contributed by atoms with van der Waals surface area (Å²) in [4.78, 5) is 22.9. The molecule has 18 heavy (non-hydrogen) atoms. The van der Waals surface area contributed by atoms with E-state index in [1.165, 1.54) is 11.8 Å². The van der Waals surface area contributed by atoms with E-state index in [0.29, 0.717) is 16.8 Å². The van der Waals surface area contributed by atoms with Crippen molar-refractivity contribution in [2.45, 2.75) is 17.3 Å². The fraction of sp³-hybridized carbons (Fsp3) is 0.167. The molecule has 2 aromatic rings. The maximum Gasteiger partial charge on any atom is 0.201 e. The second-order valence-corrected chi connectivity index (χ2v) is 5.34. The number of benzene rings is 1. The van der Waals surface area contributed by atoms with Gasteiger partial charge in [0.15, 0.2) is 17.9 Å². The molecule has 0 amide bonds. The Balaban J connectivity index is 2.55. The van der Waals surface area contributed by atoms with E-state index in [4.69, 9.17) is 0 Å². The zero-order chi connectivity index (χ0) is 13.0. The van der Waals surface area contributed by atoms with Crippen LogP contribution in [0.1, 0.15) is 22.7 Å². The molecule has 6 heteroatoms. The van der Waals surface area contributed by atoms with Crippen LogP contribution in [-0.2, 0) is 0 Å². The van der Waals surface area contributed by atoms with E-state index in [0.717, 1.165) is 12.1 Å². The van der Waals surface area contributed by atoms with Gasteiger partial charge in [0.2, 0.25) is 5.43 Å². The minimum atomic E-state index is -1.09. The van der Waals surface area contributed by atoms with Gasteiger partial charge in [-0.25, -0.2) is 8.78 Å². The van der Waals surface area contributed by atoms with E-state index < -0.39 is 17.1 Å². The van der Waals surface area contributed by atoms with Crippen LogP contribution in [0.4, 0.5) is 8.78 Å². The van der Waals surface area contributed by atoms with Gasteiger partial charge in [-0.3, -0.25) is 9.59 Å². The molecule has 92 valence electrons. The Morgan fingerprint density at radius 1 is 1.33 bits per heavy atom. The summed E-state index contributed by atoms with van der Waals surface area (Å²) >= 11 is 1.36. The summed E-state index contributed by atoms with van der Waals surface area (Å²) in [7, 11) is 0. The summed E-state index contributed by atoms with van der Waals surface area (Å²) in [6.07, 6.45) is 0.466. The number of aldehydes is 1. The molecule has 3 nitrogen and oxygen atoms in total. The predicted molar refractivity (Wildman–Crippen MR) is 64.1 cm³/mol. The third-order valence-electron chi connectivity index (χ3n) is 3.00. The lowest BCUT2D eigenvalue weighted by Gasteiger charge is -2.32. The van der Waals surface area contributed by atoms with Crippen LogP contribution < -0.4 is 5.43 Å². The van der Waals surface area contributed by atoms with Crippen molar-refractivity contribution in [3.05, 3.63) is 39.6 Å². The Morgan fingerprint density at radius 2 is 2.00 bits per heavy atom. The molecule has 0 radical (unpaired) electrons. The smallest absolute Gasteiger partial charge is 0.201 e. The van der Waals surface area contributed by atoms with Gasteiger partial charge in [-0.1, -0.05) is 11.8 Å². The summed E-state index contributed by atoms with van der Waals surface area (Å²) in [6.45, 7) is 1.86. The number of halogens is 2. The number of thioether (sulfide) groups is 1. The Morgan fingerprint density at radius 3 is 2.61 bits per heavy atom. The maximum atomic E-state index is 13.3. The highest BCUT2D eigenvalue weighted by molar-refractivity contribution is 8.00. The van der Waals surface area contributed by atoms with Gasteiger partial charge >= 0.3 is 0 Å². The van der Waals surface area contributed by atoms with E-state index in [1.807, 2.05) is 6.92 Å². The van der Waals surface area contributed by atoms with Crippen LogP contribution in [-0.4, -0.2) is 10.9 Å².